The van der Waals surface area contributed by atoms with Gasteiger partial charge in [-0.1, -0.05) is 17.7 Å². The lowest BCUT2D eigenvalue weighted by molar-refractivity contribution is 0.0725. The summed E-state index contributed by atoms with van der Waals surface area (Å²) >= 11 is 0. The Morgan fingerprint density at radius 3 is 2.65 bits per heavy atom. The zero-order valence-corrected chi connectivity index (χ0v) is 13.8. The van der Waals surface area contributed by atoms with Crippen LogP contribution < -0.4 is 5.32 Å². The van der Waals surface area contributed by atoms with Gasteiger partial charge in [0.05, 0.1) is 5.56 Å². The van der Waals surface area contributed by atoms with Crippen LogP contribution in [-0.4, -0.2) is 28.9 Å². The van der Waals surface area contributed by atoms with Crippen LogP contribution in [0.4, 0.5) is 11.5 Å². The highest BCUT2D eigenvalue weighted by Crippen LogP contribution is 2.24. The van der Waals surface area contributed by atoms with Gasteiger partial charge in [-0.15, -0.1) is 0 Å². The first-order valence-electron chi connectivity index (χ1n) is 8.24. The van der Waals surface area contributed by atoms with Gasteiger partial charge in [-0.25, -0.2) is 4.98 Å². The van der Waals surface area contributed by atoms with Gasteiger partial charge in [0.25, 0.3) is 5.91 Å². The summed E-state index contributed by atoms with van der Waals surface area (Å²) in [5.41, 5.74) is 4.00. The van der Waals surface area contributed by atoms with E-state index in [1.54, 1.807) is 6.20 Å². The van der Waals surface area contributed by atoms with Gasteiger partial charge in [0.15, 0.2) is 0 Å². The van der Waals surface area contributed by atoms with Gasteiger partial charge >= 0.3 is 0 Å². The van der Waals surface area contributed by atoms with Crippen LogP contribution in [0.15, 0.2) is 36.5 Å². The lowest BCUT2D eigenvalue weighted by Gasteiger charge is -2.27. The fraction of sp³-hybridized carbons (Fsp3) is 0.368. The Balaban J connectivity index is 1.86. The summed E-state index contributed by atoms with van der Waals surface area (Å²) in [5, 5.41) is 3.33. The predicted octanol–water partition coefficient (Wildman–Crippen LogP) is 4.07. The van der Waals surface area contributed by atoms with Gasteiger partial charge in [-0.2, -0.15) is 0 Å². The molecule has 1 aliphatic rings. The Labute approximate surface area is 137 Å². The van der Waals surface area contributed by atoms with Crippen molar-refractivity contribution in [3.63, 3.8) is 0 Å². The van der Waals surface area contributed by atoms with Crippen LogP contribution in [0, 0.1) is 13.8 Å². The molecule has 0 radical (unpaired) electrons. The number of hydrogen-bond acceptors (Lipinski definition) is 3. The summed E-state index contributed by atoms with van der Waals surface area (Å²) in [6, 6.07) is 9.90. The minimum atomic E-state index is 0.0741. The normalized spacial score (nSPS) is 14.6. The number of anilines is 2. The minimum absolute atomic E-state index is 0.0741. The molecule has 0 saturated carbocycles. The topological polar surface area (TPSA) is 45.2 Å². The third-order valence-electron chi connectivity index (χ3n) is 4.32. The minimum Gasteiger partial charge on any atom is -0.339 e. The molecule has 1 N–H and O–H groups in total. The van der Waals surface area contributed by atoms with Crippen LogP contribution in [0.3, 0.4) is 0 Å². The Hall–Kier alpha value is -2.36. The maximum absolute atomic E-state index is 12.8. The van der Waals surface area contributed by atoms with Gasteiger partial charge in [0.2, 0.25) is 0 Å². The van der Waals surface area contributed by atoms with E-state index in [9.17, 15) is 4.79 Å². The molecule has 1 aromatic carbocycles. The van der Waals surface area contributed by atoms with Crippen molar-refractivity contribution in [2.45, 2.75) is 33.1 Å². The average Bonchev–Trinajstić information content (AvgIpc) is 2.58. The number of hydrogen-bond donors (Lipinski definition) is 1. The Morgan fingerprint density at radius 2 is 1.91 bits per heavy atom. The van der Waals surface area contributed by atoms with Crippen molar-refractivity contribution in [2.75, 3.05) is 18.4 Å². The molecule has 1 amide bonds. The van der Waals surface area contributed by atoms with E-state index in [4.69, 9.17) is 0 Å². The molecule has 1 aliphatic heterocycles. The molecule has 4 nitrogen and oxygen atoms in total. The second kappa shape index (κ2) is 6.82. The molecular weight excluding hydrogens is 286 g/mol. The van der Waals surface area contributed by atoms with Gasteiger partial charge in [-0.3, -0.25) is 4.79 Å². The Bertz CT molecular complexity index is 706. The molecule has 3 rings (SSSR count). The summed E-state index contributed by atoms with van der Waals surface area (Å²) in [4.78, 5) is 19.1. The van der Waals surface area contributed by atoms with Crippen molar-refractivity contribution in [1.29, 1.82) is 0 Å². The van der Waals surface area contributed by atoms with Crippen LogP contribution >= 0.6 is 0 Å². The van der Waals surface area contributed by atoms with Crippen molar-refractivity contribution < 1.29 is 4.79 Å². The van der Waals surface area contributed by atoms with Gasteiger partial charge in [0, 0.05) is 25.0 Å². The molecule has 2 aromatic rings. The number of pyridine rings is 1. The molecule has 1 fully saturated rings. The quantitative estimate of drug-likeness (QED) is 0.929. The number of amides is 1. The van der Waals surface area contributed by atoms with E-state index in [0.717, 1.165) is 37.2 Å². The lowest BCUT2D eigenvalue weighted by Crippen LogP contribution is -2.36. The largest absolute Gasteiger partial charge is 0.339 e. The molecule has 0 bridgehead atoms. The van der Waals surface area contributed by atoms with E-state index in [2.05, 4.69) is 36.3 Å². The van der Waals surface area contributed by atoms with E-state index < -0.39 is 0 Å². The van der Waals surface area contributed by atoms with Crippen LogP contribution in [0.2, 0.25) is 0 Å². The number of aromatic nitrogens is 1. The maximum atomic E-state index is 12.8. The van der Waals surface area contributed by atoms with Crippen LogP contribution in [0.5, 0.6) is 0 Å². The van der Waals surface area contributed by atoms with E-state index in [1.165, 1.54) is 12.0 Å². The van der Waals surface area contributed by atoms with Crippen LogP contribution in [-0.2, 0) is 0 Å². The summed E-state index contributed by atoms with van der Waals surface area (Å²) in [6.45, 7) is 5.82. The van der Waals surface area contributed by atoms with Crippen molar-refractivity contribution in [3.05, 3.63) is 53.2 Å². The van der Waals surface area contributed by atoms with Gasteiger partial charge < -0.3 is 10.2 Å². The van der Waals surface area contributed by atoms with Crippen molar-refractivity contribution in [1.82, 2.24) is 9.88 Å². The zero-order valence-electron chi connectivity index (χ0n) is 13.8. The molecule has 1 saturated heterocycles. The zero-order chi connectivity index (χ0) is 16.2. The molecule has 0 aliphatic carbocycles. The molecule has 2 heterocycles. The third-order valence-corrected chi connectivity index (χ3v) is 4.32. The lowest BCUT2D eigenvalue weighted by atomic mass is 10.1. The third kappa shape index (κ3) is 3.52. The number of likely N-dealkylation sites (tertiary alicyclic amines) is 1. The highest BCUT2D eigenvalue weighted by molar-refractivity contribution is 5.99. The van der Waals surface area contributed by atoms with Crippen LogP contribution in [0.25, 0.3) is 0 Å². The molecule has 1 aromatic heterocycles. The van der Waals surface area contributed by atoms with Crippen molar-refractivity contribution >= 4 is 17.4 Å². The number of carbonyl (C=O) groups is 1. The monoisotopic (exact) mass is 309 g/mol. The number of nitrogens with zero attached hydrogens (tertiary/aromatic N) is 2. The number of benzene rings is 1. The second-order valence-corrected chi connectivity index (χ2v) is 6.20. The van der Waals surface area contributed by atoms with Crippen LogP contribution in [0.1, 0.15) is 40.7 Å². The van der Waals surface area contributed by atoms with E-state index >= 15 is 0 Å². The first-order valence-corrected chi connectivity index (χ1v) is 8.24. The van der Waals surface area contributed by atoms with E-state index in [-0.39, 0.29) is 5.91 Å². The first kappa shape index (κ1) is 15.5. The Kier molecular flexibility index (Phi) is 4.60. The molecule has 0 atom stereocenters. The smallest absolute Gasteiger partial charge is 0.257 e. The van der Waals surface area contributed by atoms with Crippen molar-refractivity contribution in [3.8, 4) is 0 Å². The number of carbonyl (C=O) groups excluding carboxylic acids is 1. The van der Waals surface area contributed by atoms with E-state index in [0.29, 0.717) is 11.4 Å². The summed E-state index contributed by atoms with van der Waals surface area (Å²) in [5.74, 6) is 0.708. The average molecular weight is 309 g/mol. The van der Waals surface area contributed by atoms with Gasteiger partial charge in [0.1, 0.15) is 5.82 Å². The number of piperidine rings is 1. The fourth-order valence-electron chi connectivity index (χ4n) is 3.03. The molecule has 0 unspecified atom stereocenters. The van der Waals surface area contributed by atoms with E-state index in [1.807, 2.05) is 23.1 Å². The predicted molar refractivity (Wildman–Crippen MR) is 93.2 cm³/mol. The number of nitrogens with one attached hydrogen (secondary N) is 1. The summed E-state index contributed by atoms with van der Waals surface area (Å²) in [6.07, 6.45) is 5.11. The standard InChI is InChI=1S/C19H23N3O/c1-14-8-9-17(15(2)13-14)21-18-16(7-6-10-20-18)19(23)22-11-4-3-5-12-22/h6-10,13H,3-5,11-12H2,1-2H3,(H,20,21). The highest BCUT2D eigenvalue weighted by Gasteiger charge is 2.21. The summed E-state index contributed by atoms with van der Waals surface area (Å²) < 4.78 is 0. The molecule has 120 valence electrons. The number of aryl methyl sites for hydroxylation is 2. The first-order chi connectivity index (χ1) is 11.1. The highest BCUT2D eigenvalue weighted by atomic mass is 16.2. The molecule has 23 heavy (non-hydrogen) atoms. The summed E-state index contributed by atoms with van der Waals surface area (Å²) in [7, 11) is 0. The molecular formula is C19H23N3O. The fourth-order valence-corrected chi connectivity index (χ4v) is 3.03. The van der Waals surface area contributed by atoms with Crippen molar-refractivity contribution in [2.24, 2.45) is 0 Å². The number of rotatable bonds is 3. The maximum Gasteiger partial charge on any atom is 0.257 e. The second-order valence-electron chi connectivity index (χ2n) is 6.20. The SMILES string of the molecule is Cc1ccc(Nc2ncccc2C(=O)N2CCCCC2)c(C)c1. The van der Waals surface area contributed by atoms with Gasteiger partial charge in [-0.05, 0) is 56.9 Å². The Morgan fingerprint density at radius 1 is 1.13 bits per heavy atom. The molecule has 0 spiro atoms. The molecule has 4 heteroatoms.